The Morgan fingerprint density at radius 1 is 1.08 bits per heavy atom. The van der Waals surface area contributed by atoms with Crippen LogP contribution < -0.4 is 0 Å². The minimum absolute atomic E-state index is 1.04. The molecule has 72 valence electrons. The van der Waals surface area contributed by atoms with Gasteiger partial charge in [0.15, 0.2) is 0 Å². The predicted molar refractivity (Wildman–Crippen MR) is 58.0 cm³/mol. The fourth-order valence-corrected chi connectivity index (χ4v) is 1.63. The molecule has 1 nitrogen and oxygen atoms in total. The minimum Gasteiger partial charge on any atom is -0.305 e. The molecule has 0 aliphatic heterocycles. The molecule has 0 saturated carbocycles. The molecule has 1 aromatic rings. The van der Waals surface area contributed by atoms with Gasteiger partial charge in [-0.15, -0.1) is 0 Å². The van der Waals surface area contributed by atoms with Crippen molar-refractivity contribution in [1.29, 1.82) is 0 Å². The van der Waals surface area contributed by atoms with Crippen LogP contribution in [0.1, 0.15) is 22.3 Å². The lowest BCUT2D eigenvalue weighted by molar-refractivity contribution is 0.401. The van der Waals surface area contributed by atoms with Crippen molar-refractivity contribution in [2.75, 3.05) is 14.1 Å². The Hall–Kier alpha value is -0.820. The summed E-state index contributed by atoms with van der Waals surface area (Å²) in [6, 6.07) is 4.52. The number of nitrogens with zero attached hydrogens (tertiary/aromatic N) is 1. The van der Waals surface area contributed by atoms with E-state index < -0.39 is 0 Å². The molecule has 0 aliphatic carbocycles. The first-order valence-corrected chi connectivity index (χ1v) is 4.72. The van der Waals surface area contributed by atoms with Crippen molar-refractivity contribution in [3.63, 3.8) is 0 Å². The third-order valence-electron chi connectivity index (χ3n) is 2.41. The quantitative estimate of drug-likeness (QED) is 0.671. The topological polar surface area (TPSA) is 3.24 Å². The zero-order valence-electron chi connectivity index (χ0n) is 9.31. The van der Waals surface area contributed by atoms with Crippen molar-refractivity contribution in [2.24, 2.45) is 0 Å². The second-order valence-electron chi connectivity index (χ2n) is 4.10. The van der Waals surface area contributed by atoms with Gasteiger partial charge in [0.05, 0.1) is 0 Å². The first-order valence-electron chi connectivity index (χ1n) is 4.72. The smallest absolute Gasteiger partial charge is 0.0230 e. The van der Waals surface area contributed by atoms with Gasteiger partial charge >= 0.3 is 0 Å². The molecule has 0 radical (unpaired) electrons. The molecular weight excluding hydrogens is 158 g/mol. The van der Waals surface area contributed by atoms with Crippen LogP contribution in [0.3, 0.4) is 0 Å². The van der Waals surface area contributed by atoms with Crippen LogP contribution in [0.25, 0.3) is 0 Å². The normalized spacial score (nSPS) is 10.9. The van der Waals surface area contributed by atoms with Crippen LogP contribution in [0, 0.1) is 20.8 Å². The summed E-state index contributed by atoms with van der Waals surface area (Å²) in [6.45, 7) is 7.58. The molecule has 13 heavy (non-hydrogen) atoms. The van der Waals surface area contributed by atoms with E-state index in [9.17, 15) is 0 Å². The second-order valence-corrected chi connectivity index (χ2v) is 4.10. The van der Waals surface area contributed by atoms with Gasteiger partial charge in [0, 0.05) is 6.54 Å². The Kier molecular flexibility index (Phi) is 3.10. The van der Waals surface area contributed by atoms with Gasteiger partial charge < -0.3 is 4.90 Å². The summed E-state index contributed by atoms with van der Waals surface area (Å²) in [6.07, 6.45) is 0. The Morgan fingerprint density at radius 2 is 1.69 bits per heavy atom. The van der Waals surface area contributed by atoms with Gasteiger partial charge in [0.25, 0.3) is 0 Å². The van der Waals surface area contributed by atoms with E-state index in [-0.39, 0.29) is 0 Å². The zero-order chi connectivity index (χ0) is 10.0. The lowest BCUT2D eigenvalue weighted by Gasteiger charge is -2.14. The summed E-state index contributed by atoms with van der Waals surface area (Å²) >= 11 is 0. The fourth-order valence-electron chi connectivity index (χ4n) is 1.63. The maximum absolute atomic E-state index is 2.28. The van der Waals surface area contributed by atoms with Crippen LogP contribution in [0.5, 0.6) is 0 Å². The van der Waals surface area contributed by atoms with Crippen LogP contribution in [0.2, 0.25) is 0 Å². The molecule has 0 N–H and O–H groups in total. The molecule has 0 bridgehead atoms. The lowest BCUT2D eigenvalue weighted by Crippen LogP contribution is -2.12. The van der Waals surface area contributed by atoms with Crippen molar-refractivity contribution in [3.8, 4) is 0 Å². The van der Waals surface area contributed by atoms with Gasteiger partial charge in [-0.3, -0.25) is 0 Å². The van der Waals surface area contributed by atoms with E-state index in [1.165, 1.54) is 22.3 Å². The van der Waals surface area contributed by atoms with Crippen molar-refractivity contribution in [2.45, 2.75) is 27.3 Å². The Morgan fingerprint density at radius 3 is 2.23 bits per heavy atom. The average molecular weight is 177 g/mol. The zero-order valence-corrected chi connectivity index (χ0v) is 9.31. The average Bonchev–Trinajstić information content (AvgIpc) is 1.98. The lowest BCUT2D eigenvalue weighted by atomic mass is 10.00. The van der Waals surface area contributed by atoms with Crippen LogP contribution in [-0.4, -0.2) is 19.0 Å². The Labute approximate surface area is 81.4 Å². The van der Waals surface area contributed by atoms with Gasteiger partial charge in [-0.1, -0.05) is 17.7 Å². The maximum atomic E-state index is 2.28. The summed E-state index contributed by atoms with van der Waals surface area (Å²) in [4.78, 5) is 2.21. The van der Waals surface area contributed by atoms with Crippen molar-refractivity contribution in [1.82, 2.24) is 4.90 Å². The Balaban J connectivity index is 3.05. The molecule has 0 aromatic heterocycles. The van der Waals surface area contributed by atoms with E-state index in [2.05, 4.69) is 51.9 Å². The van der Waals surface area contributed by atoms with E-state index in [0.29, 0.717) is 0 Å². The summed E-state index contributed by atoms with van der Waals surface area (Å²) < 4.78 is 0. The number of aryl methyl sites for hydroxylation is 2. The summed E-state index contributed by atoms with van der Waals surface area (Å²) in [7, 11) is 4.22. The number of benzene rings is 1. The summed E-state index contributed by atoms with van der Waals surface area (Å²) in [5.41, 5.74) is 5.64. The summed E-state index contributed by atoms with van der Waals surface area (Å²) in [5, 5.41) is 0. The second kappa shape index (κ2) is 3.93. The molecule has 0 saturated heterocycles. The monoisotopic (exact) mass is 177 g/mol. The molecule has 0 amide bonds. The predicted octanol–water partition coefficient (Wildman–Crippen LogP) is 2.67. The Bertz CT molecular complexity index is 300. The number of rotatable bonds is 2. The third-order valence-corrected chi connectivity index (χ3v) is 2.41. The molecule has 0 aliphatic rings. The molecule has 1 heteroatoms. The first-order chi connectivity index (χ1) is 6.00. The standard InChI is InChI=1S/C12H19N/c1-9-6-10(2)11(3)12(7-9)8-13(4)5/h6-7H,8H2,1-5H3. The van der Waals surface area contributed by atoms with Gasteiger partial charge in [-0.2, -0.15) is 0 Å². The van der Waals surface area contributed by atoms with E-state index in [1.807, 2.05) is 0 Å². The van der Waals surface area contributed by atoms with Crippen molar-refractivity contribution < 1.29 is 0 Å². The molecule has 1 aromatic carbocycles. The first kappa shape index (κ1) is 10.3. The van der Waals surface area contributed by atoms with Crippen LogP contribution in [0.4, 0.5) is 0 Å². The van der Waals surface area contributed by atoms with E-state index >= 15 is 0 Å². The number of hydrogen-bond acceptors (Lipinski definition) is 1. The molecular formula is C12H19N. The van der Waals surface area contributed by atoms with Gasteiger partial charge in [-0.25, -0.2) is 0 Å². The SMILES string of the molecule is Cc1cc(C)c(C)c(CN(C)C)c1. The number of hydrogen-bond donors (Lipinski definition) is 0. The van der Waals surface area contributed by atoms with E-state index in [1.54, 1.807) is 0 Å². The third kappa shape index (κ3) is 2.56. The highest BCUT2D eigenvalue weighted by atomic mass is 15.0. The van der Waals surface area contributed by atoms with E-state index in [0.717, 1.165) is 6.54 Å². The van der Waals surface area contributed by atoms with Gasteiger partial charge in [0.1, 0.15) is 0 Å². The highest BCUT2D eigenvalue weighted by Gasteiger charge is 2.03. The highest BCUT2D eigenvalue weighted by molar-refractivity contribution is 5.37. The van der Waals surface area contributed by atoms with Crippen LogP contribution >= 0.6 is 0 Å². The molecule has 0 fully saturated rings. The summed E-state index contributed by atoms with van der Waals surface area (Å²) in [5.74, 6) is 0. The maximum Gasteiger partial charge on any atom is 0.0230 e. The van der Waals surface area contributed by atoms with Crippen molar-refractivity contribution in [3.05, 3.63) is 34.4 Å². The molecule has 0 atom stereocenters. The van der Waals surface area contributed by atoms with Crippen LogP contribution in [-0.2, 0) is 6.54 Å². The van der Waals surface area contributed by atoms with Crippen LogP contribution in [0.15, 0.2) is 12.1 Å². The molecule has 0 unspecified atom stereocenters. The van der Waals surface area contributed by atoms with Gasteiger partial charge in [-0.05, 0) is 51.6 Å². The molecule has 0 heterocycles. The van der Waals surface area contributed by atoms with Crippen molar-refractivity contribution >= 4 is 0 Å². The molecule has 0 spiro atoms. The highest BCUT2D eigenvalue weighted by Crippen LogP contribution is 2.16. The fraction of sp³-hybridized carbons (Fsp3) is 0.500. The van der Waals surface area contributed by atoms with E-state index in [4.69, 9.17) is 0 Å². The largest absolute Gasteiger partial charge is 0.305 e. The molecule has 1 rings (SSSR count). The minimum atomic E-state index is 1.04. The van der Waals surface area contributed by atoms with Gasteiger partial charge in [0.2, 0.25) is 0 Å².